The van der Waals surface area contributed by atoms with Crippen LogP contribution in [0.1, 0.15) is 17.3 Å². The summed E-state index contributed by atoms with van der Waals surface area (Å²) in [5.41, 5.74) is 0.419. The van der Waals surface area contributed by atoms with Crippen molar-refractivity contribution in [3.8, 4) is 0 Å². The zero-order chi connectivity index (χ0) is 16.7. The number of rotatable bonds is 7. The lowest BCUT2D eigenvalue weighted by atomic mass is 10.2. The van der Waals surface area contributed by atoms with Gasteiger partial charge in [0.25, 0.3) is 11.0 Å². The van der Waals surface area contributed by atoms with Crippen LogP contribution in [0.4, 0.5) is 5.82 Å². The van der Waals surface area contributed by atoms with Crippen LogP contribution >= 0.6 is 24.8 Å². The topological polar surface area (TPSA) is 101 Å². The van der Waals surface area contributed by atoms with E-state index in [0.717, 1.165) is 38.5 Å². The summed E-state index contributed by atoms with van der Waals surface area (Å²) >= 11 is 0. The fourth-order valence-electron chi connectivity index (χ4n) is 2.39. The van der Waals surface area contributed by atoms with Gasteiger partial charge in [-0.3, -0.25) is 4.79 Å². The standard InChI is InChI=1S/C14H21N5O4.2ClH/c1-2-17-6-8-18(9-7-17)13-4-3-12(11-16-13)14(20)15-5-10-23-19(21)22;;/h3-4,11H,2,5-10H2,1H3,(H,15,20);2*1H. The van der Waals surface area contributed by atoms with E-state index in [1.807, 2.05) is 6.07 Å². The number of anilines is 1. The van der Waals surface area contributed by atoms with E-state index in [1.54, 1.807) is 6.07 Å². The highest BCUT2D eigenvalue weighted by Crippen LogP contribution is 2.14. The smallest absolute Gasteiger partial charge is 0.294 e. The van der Waals surface area contributed by atoms with Gasteiger partial charge in [0.15, 0.2) is 0 Å². The largest absolute Gasteiger partial charge is 0.354 e. The summed E-state index contributed by atoms with van der Waals surface area (Å²) in [6.07, 6.45) is 1.52. The first-order chi connectivity index (χ1) is 11.1. The van der Waals surface area contributed by atoms with Gasteiger partial charge in [-0.05, 0) is 18.7 Å². The first-order valence-corrected chi connectivity index (χ1v) is 7.59. The molecule has 0 spiro atoms. The van der Waals surface area contributed by atoms with Crippen molar-refractivity contribution in [2.45, 2.75) is 6.92 Å². The Kier molecular flexibility index (Phi) is 10.8. The molecule has 11 heteroatoms. The average molecular weight is 396 g/mol. The number of carbonyl (C=O) groups is 1. The number of amides is 1. The third-order valence-corrected chi connectivity index (χ3v) is 3.74. The van der Waals surface area contributed by atoms with Crippen molar-refractivity contribution in [3.05, 3.63) is 34.0 Å². The molecule has 1 aliphatic rings. The number of halogens is 2. The van der Waals surface area contributed by atoms with Crippen molar-refractivity contribution >= 4 is 36.5 Å². The van der Waals surface area contributed by atoms with Crippen molar-refractivity contribution in [2.75, 3.05) is 50.8 Å². The first-order valence-electron chi connectivity index (χ1n) is 7.59. The fraction of sp³-hybridized carbons (Fsp3) is 0.571. The van der Waals surface area contributed by atoms with E-state index in [4.69, 9.17) is 0 Å². The van der Waals surface area contributed by atoms with Gasteiger partial charge in [-0.25, -0.2) is 4.98 Å². The summed E-state index contributed by atoms with van der Waals surface area (Å²) < 4.78 is 0. The van der Waals surface area contributed by atoms with E-state index in [9.17, 15) is 14.9 Å². The zero-order valence-electron chi connectivity index (χ0n) is 13.9. The van der Waals surface area contributed by atoms with Crippen LogP contribution in [0.2, 0.25) is 0 Å². The highest BCUT2D eigenvalue weighted by Gasteiger charge is 2.17. The number of carbonyl (C=O) groups excluding carboxylic acids is 1. The summed E-state index contributed by atoms with van der Waals surface area (Å²) in [5, 5.41) is 11.6. The molecule has 0 atom stereocenters. The third kappa shape index (κ3) is 7.29. The Labute approximate surface area is 158 Å². The lowest BCUT2D eigenvalue weighted by molar-refractivity contribution is -0.757. The predicted molar refractivity (Wildman–Crippen MR) is 98.3 cm³/mol. The van der Waals surface area contributed by atoms with Crippen molar-refractivity contribution in [2.24, 2.45) is 0 Å². The van der Waals surface area contributed by atoms with Crippen LogP contribution in [0.15, 0.2) is 18.3 Å². The second-order valence-electron chi connectivity index (χ2n) is 5.14. The second kappa shape index (κ2) is 11.7. The van der Waals surface area contributed by atoms with E-state index in [-0.39, 0.29) is 43.9 Å². The van der Waals surface area contributed by atoms with Crippen LogP contribution in [-0.4, -0.2) is 66.8 Å². The van der Waals surface area contributed by atoms with Crippen molar-refractivity contribution < 1.29 is 14.7 Å². The molecule has 1 aliphatic heterocycles. The molecule has 1 N–H and O–H groups in total. The normalized spacial score (nSPS) is 14.0. The van der Waals surface area contributed by atoms with Crippen molar-refractivity contribution in [1.82, 2.24) is 15.2 Å². The molecule has 1 saturated heterocycles. The summed E-state index contributed by atoms with van der Waals surface area (Å²) in [6.45, 7) is 6.97. The van der Waals surface area contributed by atoms with E-state index in [1.165, 1.54) is 6.20 Å². The van der Waals surface area contributed by atoms with Gasteiger partial charge in [0.1, 0.15) is 12.4 Å². The Hall–Kier alpha value is -1.84. The van der Waals surface area contributed by atoms with Crippen LogP contribution < -0.4 is 10.2 Å². The fourth-order valence-corrected chi connectivity index (χ4v) is 2.39. The molecule has 0 radical (unpaired) electrons. The Morgan fingerprint density at radius 3 is 2.52 bits per heavy atom. The van der Waals surface area contributed by atoms with Crippen LogP contribution in [0.5, 0.6) is 0 Å². The molecular weight excluding hydrogens is 373 g/mol. The average Bonchev–Trinajstić information content (AvgIpc) is 2.58. The molecule has 1 aromatic heterocycles. The Morgan fingerprint density at radius 1 is 1.32 bits per heavy atom. The number of nitrogens with one attached hydrogen (secondary N) is 1. The maximum atomic E-state index is 11.9. The lowest BCUT2D eigenvalue weighted by Crippen LogP contribution is -2.46. The number of piperazine rings is 1. The van der Waals surface area contributed by atoms with E-state index in [2.05, 4.69) is 31.9 Å². The third-order valence-electron chi connectivity index (χ3n) is 3.74. The summed E-state index contributed by atoms with van der Waals surface area (Å²) in [6, 6.07) is 3.53. The lowest BCUT2D eigenvalue weighted by Gasteiger charge is -2.34. The molecular formula is C14H23Cl2N5O4. The summed E-state index contributed by atoms with van der Waals surface area (Å²) in [4.78, 5) is 34.9. The Balaban J connectivity index is 0.00000288. The summed E-state index contributed by atoms with van der Waals surface area (Å²) in [5.74, 6) is 0.529. The highest BCUT2D eigenvalue weighted by atomic mass is 35.5. The maximum absolute atomic E-state index is 11.9. The molecule has 142 valence electrons. The molecule has 2 heterocycles. The van der Waals surface area contributed by atoms with Gasteiger partial charge in [0.05, 0.1) is 5.56 Å². The molecule has 0 bridgehead atoms. The van der Waals surface area contributed by atoms with Crippen molar-refractivity contribution in [1.29, 1.82) is 0 Å². The van der Waals surface area contributed by atoms with Gasteiger partial charge < -0.3 is 20.0 Å². The molecule has 1 fully saturated rings. The van der Waals surface area contributed by atoms with E-state index >= 15 is 0 Å². The SMILES string of the molecule is CCN1CCN(c2ccc(C(=O)NCCO[N+](=O)[O-])cn2)CC1.Cl.Cl. The van der Waals surface area contributed by atoms with E-state index < -0.39 is 5.09 Å². The maximum Gasteiger partial charge on any atom is 0.294 e. The van der Waals surface area contributed by atoms with Gasteiger partial charge in [-0.1, -0.05) is 6.92 Å². The molecule has 0 aromatic carbocycles. The molecule has 25 heavy (non-hydrogen) atoms. The molecule has 0 unspecified atom stereocenters. The number of aromatic nitrogens is 1. The summed E-state index contributed by atoms with van der Waals surface area (Å²) in [7, 11) is 0. The minimum atomic E-state index is -0.888. The molecule has 1 amide bonds. The monoisotopic (exact) mass is 395 g/mol. The van der Waals surface area contributed by atoms with Gasteiger partial charge >= 0.3 is 0 Å². The molecule has 0 saturated carbocycles. The Bertz CT molecular complexity index is 539. The van der Waals surface area contributed by atoms with Crippen molar-refractivity contribution in [3.63, 3.8) is 0 Å². The van der Waals surface area contributed by atoms with Crippen LogP contribution in [0.25, 0.3) is 0 Å². The highest BCUT2D eigenvalue weighted by molar-refractivity contribution is 5.94. The molecule has 1 aromatic rings. The molecule has 2 rings (SSSR count). The van der Waals surface area contributed by atoms with E-state index in [0.29, 0.717) is 5.56 Å². The molecule has 9 nitrogen and oxygen atoms in total. The zero-order valence-corrected chi connectivity index (χ0v) is 15.6. The van der Waals surface area contributed by atoms with Gasteiger partial charge in [-0.2, -0.15) is 0 Å². The van der Waals surface area contributed by atoms with Gasteiger partial charge in [-0.15, -0.1) is 34.9 Å². The second-order valence-corrected chi connectivity index (χ2v) is 5.14. The van der Waals surface area contributed by atoms with Crippen LogP contribution in [0, 0.1) is 10.1 Å². The van der Waals surface area contributed by atoms with Gasteiger partial charge in [0.2, 0.25) is 0 Å². The van der Waals surface area contributed by atoms with Crippen LogP contribution in [0.3, 0.4) is 0 Å². The van der Waals surface area contributed by atoms with Gasteiger partial charge in [0, 0.05) is 38.9 Å². The predicted octanol–water partition coefficient (Wildman–Crippen LogP) is 1.01. The number of nitrogens with zero attached hydrogens (tertiary/aromatic N) is 4. The molecule has 0 aliphatic carbocycles. The first kappa shape index (κ1) is 23.2. The Morgan fingerprint density at radius 2 is 2.00 bits per heavy atom. The number of pyridine rings is 1. The minimum Gasteiger partial charge on any atom is -0.354 e. The quantitative estimate of drug-likeness (QED) is 0.417. The number of hydrogen-bond donors (Lipinski definition) is 1. The van der Waals surface area contributed by atoms with Crippen LogP contribution in [-0.2, 0) is 4.84 Å². The number of hydrogen-bond acceptors (Lipinski definition) is 7. The minimum absolute atomic E-state index is 0. The number of likely N-dealkylation sites (N-methyl/N-ethyl adjacent to an activating group) is 1.